The number of hydrogen-bond acceptors (Lipinski definition) is 5. The predicted molar refractivity (Wildman–Crippen MR) is 126 cm³/mol. The maximum atomic E-state index is 11.4. The summed E-state index contributed by atoms with van der Waals surface area (Å²) in [7, 11) is 0. The number of rotatable bonds is 3. The van der Waals surface area contributed by atoms with E-state index < -0.39 is 10.9 Å². The molecule has 0 heterocycles. The summed E-state index contributed by atoms with van der Waals surface area (Å²) in [6.07, 6.45) is 0. The minimum absolute atomic E-state index is 0.468. The predicted octanol–water partition coefficient (Wildman–Crippen LogP) is 7.26. The van der Waals surface area contributed by atoms with E-state index >= 15 is 0 Å². The van der Waals surface area contributed by atoms with Crippen molar-refractivity contribution in [1.82, 2.24) is 0 Å². The van der Waals surface area contributed by atoms with Crippen LogP contribution in [0.25, 0.3) is 21.5 Å². The van der Waals surface area contributed by atoms with Crippen LogP contribution in [0.3, 0.4) is 0 Å². The number of nitro groups is 1. The summed E-state index contributed by atoms with van der Waals surface area (Å²) < 4.78 is 1.46. The first-order chi connectivity index (χ1) is 14.5. The lowest BCUT2D eigenvalue weighted by molar-refractivity contribution is -0.352. The number of hydrazone groups is 1. The molecule has 0 atom stereocenters. The van der Waals surface area contributed by atoms with Crippen LogP contribution in [0.1, 0.15) is 0 Å². The number of azo groups is 1. The van der Waals surface area contributed by atoms with E-state index in [9.17, 15) is 10.1 Å². The summed E-state index contributed by atoms with van der Waals surface area (Å²) in [4.78, 5) is 10.7. The van der Waals surface area contributed by atoms with Gasteiger partial charge in [-0.25, -0.2) is 5.43 Å². The third-order valence-electron chi connectivity index (χ3n) is 4.39. The zero-order valence-electron chi connectivity index (χ0n) is 15.3. The molecule has 0 aliphatic carbocycles. The second-order valence-electron chi connectivity index (χ2n) is 6.25. The number of nitrogens with zero attached hydrogens (tertiary/aromatic N) is 4. The standard InChI is InChI=1S/C21H13Br2N5O2/c22-19-15-7-3-1-5-13(15)9-11-17(19)24-26-21(28(29)30)27-25-18-12-10-14-6-2-4-8-16(14)20(18)23/h1-12,24H/b26-21-,27-25?. The Morgan fingerprint density at radius 2 is 1.43 bits per heavy atom. The fraction of sp³-hybridized carbons (Fsp3) is 0. The summed E-state index contributed by atoms with van der Waals surface area (Å²) in [6, 6.07) is 22.8. The normalized spacial score (nSPS) is 12.0. The third-order valence-corrected chi connectivity index (χ3v) is 6.08. The molecule has 9 heteroatoms. The molecule has 7 nitrogen and oxygen atoms in total. The van der Waals surface area contributed by atoms with Crippen molar-refractivity contribution in [2.45, 2.75) is 0 Å². The molecule has 30 heavy (non-hydrogen) atoms. The fourth-order valence-electron chi connectivity index (χ4n) is 2.93. The van der Waals surface area contributed by atoms with Gasteiger partial charge in [-0.2, -0.15) is 0 Å². The number of anilines is 1. The number of hydrogen-bond donors (Lipinski definition) is 1. The van der Waals surface area contributed by atoms with Crippen molar-refractivity contribution in [1.29, 1.82) is 0 Å². The molecule has 0 radical (unpaired) electrons. The van der Waals surface area contributed by atoms with Crippen LogP contribution < -0.4 is 5.43 Å². The van der Waals surface area contributed by atoms with Crippen molar-refractivity contribution < 1.29 is 4.92 Å². The molecule has 0 amide bonds. The molecule has 148 valence electrons. The zero-order chi connectivity index (χ0) is 21.1. The Balaban J connectivity index is 1.63. The monoisotopic (exact) mass is 525 g/mol. The van der Waals surface area contributed by atoms with Crippen LogP contribution in [0.2, 0.25) is 0 Å². The van der Waals surface area contributed by atoms with Gasteiger partial charge in [-0.05, 0) is 70.5 Å². The van der Waals surface area contributed by atoms with E-state index in [0.717, 1.165) is 26.0 Å². The summed E-state index contributed by atoms with van der Waals surface area (Å²) in [5, 5.41) is 26.9. The maximum absolute atomic E-state index is 11.4. The van der Waals surface area contributed by atoms with Crippen molar-refractivity contribution in [2.24, 2.45) is 15.3 Å². The third kappa shape index (κ3) is 4.07. The fourth-order valence-corrected chi connectivity index (χ4v) is 4.08. The second kappa shape index (κ2) is 8.68. The van der Waals surface area contributed by atoms with E-state index in [2.05, 4.69) is 52.6 Å². The highest BCUT2D eigenvalue weighted by Crippen LogP contribution is 2.34. The van der Waals surface area contributed by atoms with Crippen LogP contribution in [-0.2, 0) is 0 Å². The maximum Gasteiger partial charge on any atom is 0.511 e. The molecule has 0 bridgehead atoms. The summed E-state index contributed by atoms with van der Waals surface area (Å²) in [5.41, 5.74) is 3.75. The molecule has 0 aliphatic heterocycles. The van der Waals surface area contributed by atoms with E-state index in [1.807, 2.05) is 60.7 Å². The van der Waals surface area contributed by atoms with Crippen LogP contribution in [0.5, 0.6) is 0 Å². The van der Waals surface area contributed by atoms with Gasteiger partial charge in [0.1, 0.15) is 5.69 Å². The summed E-state index contributed by atoms with van der Waals surface area (Å²) in [5.74, 6) is -0.657. The molecule has 0 spiro atoms. The van der Waals surface area contributed by atoms with Crippen molar-refractivity contribution >= 4 is 70.7 Å². The number of fused-ring (bicyclic) bond motifs is 2. The molecule has 4 aromatic carbocycles. The molecule has 0 aromatic heterocycles. The first-order valence-electron chi connectivity index (χ1n) is 8.79. The van der Waals surface area contributed by atoms with Gasteiger partial charge >= 0.3 is 5.96 Å². The van der Waals surface area contributed by atoms with E-state index in [1.54, 1.807) is 12.1 Å². The van der Waals surface area contributed by atoms with Gasteiger partial charge in [-0.1, -0.05) is 65.8 Å². The van der Waals surface area contributed by atoms with Gasteiger partial charge in [0.25, 0.3) is 0 Å². The molecule has 0 unspecified atom stereocenters. The van der Waals surface area contributed by atoms with Crippen molar-refractivity contribution in [3.05, 3.63) is 91.9 Å². The van der Waals surface area contributed by atoms with Gasteiger partial charge in [-0.3, -0.25) is 0 Å². The highest BCUT2D eigenvalue weighted by Gasteiger charge is 2.15. The number of benzene rings is 4. The Morgan fingerprint density at radius 3 is 2.10 bits per heavy atom. The van der Waals surface area contributed by atoms with Gasteiger partial charge in [0.15, 0.2) is 0 Å². The second-order valence-corrected chi connectivity index (χ2v) is 7.83. The molecule has 4 aromatic rings. The van der Waals surface area contributed by atoms with Crippen LogP contribution in [-0.4, -0.2) is 10.9 Å². The highest BCUT2D eigenvalue weighted by atomic mass is 79.9. The van der Waals surface area contributed by atoms with Gasteiger partial charge in [0.05, 0.1) is 19.7 Å². The Kier molecular flexibility index (Phi) is 5.82. The van der Waals surface area contributed by atoms with Gasteiger partial charge < -0.3 is 10.1 Å². The van der Waals surface area contributed by atoms with Crippen LogP contribution in [0, 0.1) is 10.1 Å². The van der Waals surface area contributed by atoms with Crippen LogP contribution in [0.15, 0.2) is 97.1 Å². The lowest BCUT2D eigenvalue weighted by Crippen LogP contribution is -2.10. The molecule has 0 saturated heterocycles. The zero-order valence-corrected chi connectivity index (χ0v) is 18.5. The molecular formula is C21H13Br2N5O2. The Morgan fingerprint density at radius 1 is 0.833 bits per heavy atom. The topological polar surface area (TPSA) is 92.2 Å². The van der Waals surface area contributed by atoms with E-state index in [1.165, 1.54) is 0 Å². The molecule has 0 saturated carbocycles. The lowest BCUT2D eigenvalue weighted by atomic mass is 10.1. The van der Waals surface area contributed by atoms with Crippen LogP contribution in [0.4, 0.5) is 11.4 Å². The Bertz CT molecular complexity index is 1340. The number of halogens is 2. The van der Waals surface area contributed by atoms with Gasteiger partial charge in [0.2, 0.25) is 0 Å². The summed E-state index contributed by atoms with van der Waals surface area (Å²) >= 11 is 7.01. The molecule has 0 fully saturated rings. The lowest BCUT2D eigenvalue weighted by Gasteiger charge is -2.05. The first-order valence-corrected chi connectivity index (χ1v) is 10.4. The SMILES string of the molecule is O=[N+]([O-])/C(N=Nc1ccc2ccccc2c1Br)=N\Nc1ccc2ccccc2c1Br. The van der Waals surface area contributed by atoms with Gasteiger partial charge in [0, 0.05) is 5.10 Å². The molecule has 0 aliphatic rings. The quantitative estimate of drug-likeness (QED) is 0.1000. The van der Waals surface area contributed by atoms with E-state index in [0.29, 0.717) is 15.8 Å². The minimum Gasteiger partial charge on any atom is -0.390 e. The molecular weight excluding hydrogens is 514 g/mol. The van der Waals surface area contributed by atoms with Crippen molar-refractivity contribution in [2.75, 3.05) is 5.43 Å². The highest BCUT2D eigenvalue weighted by molar-refractivity contribution is 9.11. The Hall–Kier alpha value is -3.17. The average Bonchev–Trinajstić information content (AvgIpc) is 2.76. The van der Waals surface area contributed by atoms with Crippen LogP contribution >= 0.6 is 31.9 Å². The van der Waals surface area contributed by atoms with Gasteiger partial charge in [-0.15, -0.1) is 0 Å². The molecule has 1 N–H and O–H groups in total. The van der Waals surface area contributed by atoms with E-state index in [-0.39, 0.29) is 0 Å². The minimum atomic E-state index is -0.694. The largest absolute Gasteiger partial charge is 0.511 e. The van der Waals surface area contributed by atoms with Crippen molar-refractivity contribution in [3.63, 3.8) is 0 Å². The Labute approximate surface area is 187 Å². The summed E-state index contributed by atoms with van der Waals surface area (Å²) in [6.45, 7) is 0. The van der Waals surface area contributed by atoms with E-state index in [4.69, 9.17) is 0 Å². The first kappa shape index (κ1) is 20.1. The molecule has 4 rings (SSSR count). The number of guanidine groups is 1. The smallest absolute Gasteiger partial charge is 0.390 e. The number of nitrogens with one attached hydrogen (secondary N) is 1. The van der Waals surface area contributed by atoms with Crippen molar-refractivity contribution in [3.8, 4) is 0 Å². The average molecular weight is 527 g/mol.